The molecular weight excluding hydrogens is 796 g/mol. The zero-order chi connectivity index (χ0) is 46.1. The molecular formula is C63H61BN2. The van der Waals surface area contributed by atoms with Crippen LogP contribution in [-0.2, 0) is 21.7 Å². The van der Waals surface area contributed by atoms with Crippen LogP contribution in [0.4, 0.5) is 28.4 Å². The summed E-state index contributed by atoms with van der Waals surface area (Å²) in [5.74, 6) is 0. The summed E-state index contributed by atoms with van der Waals surface area (Å²) in [5.41, 5.74) is 25.4. The van der Waals surface area contributed by atoms with Gasteiger partial charge in [0.1, 0.15) is 0 Å². The molecule has 3 heteroatoms. The van der Waals surface area contributed by atoms with Crippen LogP contribution in [0.2, 0.25) is 0 Å². The molecule has 0 saturated carbocycles. The third-order valence-corrected chi connectivity index (χ3v) is 14.9. The van der Waals surface area contributed by atoms with Gasteiger partial charge >= 0.3 is 6.85 Å². The molecule has 8 aromatic rings. The van der Waals surface area contributed by atoms with Gasteiger partial charge in [-0.2, -0.15) is 0 Å². The van der Waals surface area contributed by atoms with Gasteiger partial charge in [0.15, 0.2) is 0 Å². The molecule has 0 aromatic heterocycles. The molecule has 0 fully saturated rings. The van der Waals surface area contributed by atoms with E-state index in [1.807, 2.05) is 0 Å². The number of benzene rings is 8. The van der Waals surface area contributed by atoms with Gasteiger partial charge in [0.2, 0.25) is 0 Å². The van der Waals surface area contributed by atoms with Crippen molar-refractivity contribution in [3.63, 3.8) is 0 Å². The van der Waals surface area contributed by atoms with E-state index in [-0.39, 0.29) is 28.5 Å². The van der Waals surface area contributed by atoms with Crippen LogP contribution in [0.3, 0.4) is 0 Å². The van der Waals surface area contributed by atoms with E-state index in [0.717, 1.165) is 0 Å². The monoisotopic (exact) mass is 856 g/mol. The summed E-state index contributed by atoms with van der Waals surface area (Å²) in [4.78, 5) is 5.35. The molecule has 0 unspecified atom stereocenters. The lowest BCUT2D eigenvalue weighted by Crippen LogP contribution is -2.62. The Kier molecular flexibility index (Phi) is 9.38. The molecule has 11 rings (SSSR count). The SMILES string of the molecule is CC(C)(C)c1ccc(N2B3c4c(cc(-c5ccccc5)cc4N(c4ccc(C(C)(C)C)cc4-c4ccccc4)c4ccc5c(c43)-c3ccccc3C5(C)C)-c3cc(C(C)(C)C)ccc32)cc1. The molecule has 1 aliphatic carbocycles. The molecule has 0 spiro atoms. The van der Waals surface area contributed by atoms with Gasteiger partial charge in [0.25, 0.3) is 0 Å². The lowest BCUT2D eigenvalue weighted by atomic mass is 9.42. The van der Waals surface area contributed by atoms with Gasteiger partial charge in [-0.1, -0.05) is 191 Å². The Morgan fingerprint density at radius 3 is 1.56 bits per heavy atom. The normalized spacial score (nSPS) is 14.6. The van der Waals surface area contributed by atoms with Crippen LogP contribution in [0.5, 0.6) is 0 Å². The number of hydrogen-bond acceptors (Lipinski definition) is 2. The van der Waals surface area contributed by atoms with Crippen LogP contribution >= 0.6 is 0 Å². The van der Waals surface area contributed by atoms with Gasteiger partial charge in [0, 0.05) is 39.3 Å². The second-order valence-corrected chi connectivity index (χ2v) is 22.6. The van der Waals surface area contributed by atoms with Crippen LogP contribution < -0.4 is 20.6 Å². The van der Waals surface area contributed by atoms with Crippen LogP contribution in [0.1, 0.15) is 104 Å². The van der Waals surface area contributed by atoms with E-state index in [1.54, 1.807) is 0 Å². The minimum absolute atomic E-state index is 0.0284. The summed E-state index contributed by atoms with van der Waals surface area (Å²) in [5, 5.41) is 0. The number of nitrogens with zero attached hydrogens (tertiary/aromatic N) is 2. The highest BCUT2D eigenvalue weighted by molar-refractivity contribution is 6.94. The predicted octanol–water partition coefficient (Wildman–Crippen LogP) is 15.9. The fraction of sp³-hybridized carbons (Fsp3) is 0.238. The number of rotatable bonds is 4. The molecule has 66 heavy (non-hydrogen) atoms. The lowest BCUT2D eigenvalue weighted by Gasteiger charge is -2.47. The second kappa shape index (κ2) is 14.7. The van der Waals surface area contributed by atoms with Crippen molar-refractivity contribution in [2.45, 2.75) is 97.8 Å². The molecule has 2 heterocycles. The largest absolute Gasteiger partial charge is 0.376 e. The lowest BCUT2D eigenvalue weighted by molar-refractivity contribution is 0.590. The Balaban J connectivity index is 1.33. The van der Waals surface area contributed by atoms with Crippen molar-refractivity contribution in [1.29, 1.82) is 0 Å². The van der Waals surface area contributed by atoms with Gasteiger partial charge in [-0.3, -0.25) is 0 Å². The fourth-order valence-electron chi connectivity index (χ4n) is 11.2. The summed E-state index contributed by atoms with van der Waals surface area (Å²) < 4.78 is 0. The maximum atomic E-state index is 2.70. The van der Waals surface area contributed by atoms with Crippen molar-refractivity contribution in [1.82, 2.24) is 0 Å². The Hall–Kier alpha value is -6.58. The zero-order valence-electron chi connectivity index (χ0n) is 40.6. The molecule has 0 radical (unpaired) electrons. The standard InChI is InChI=1S/C63H61BN2/c1-60(2,3)43-26-30-46(31-27-43)66-54-34-29-45(62(7,8)9)39-49(54)50-36-42(40-20-14-12-15-21-40)37-56-58(50)64(66)59-55(35-32-52-57(59)47-24-18-19-25-51(47)63(52,10)11)65(56)53-33-28-44(61(4,5)6)38-48(53)41-22-16-13-17-23-41/h12-39H,1-11H3. The topological polar surface area (TPSA) is 6.48 Å². The highest BCUT2D eigenvalue weighted by atomic mass is 15.2. The maximum absolute atomic E-state index is 2.70. The maximum Gasteiger partial charge on any atom is 0.333 e. The molecule has 2 aliphatic heterocycles. The molecule has 0 N–H and O–H groups in total. The molecule has 0 amide bonds. The van der Waals surface area contributed by atoms with E-state index in [0.29, 0.717) is 0 Å². The molecule has 8 aromatic carbocycles. The fourth-order valence-corrected chi connectivity index (χ4v) is 11.2. The Labute approximate surface area is 394 Å². The van der Waals surface area contributed by atoms with Crippen LogP contribution in [-0.4, -0.2) is 6.85 Å². The van der Waals surface area contributed by atoms with Crippen molar-refractivity contribution in [2.24, 2.45) is 0 Å². The first kappa shape index (κ1) is 42.1. The summed E-state index contributed by atoms with van der Waals surface area (Å²) in [7, 11) is 0. The molecule has 3 aliphatic rings. The summed E-state index contributed by atoms with van der Waals surface area (Å²) in [6.07, 6.45) is 0. The van der Waals surface area contributed by atoms with Crippen LogP contribution in [0.25, 0.3) is 44.5 Å². The van der Waals surface area contributed by atoms with Gasteiger partial charge < -0.3 is 9.71 Å². The number of fused-ring (bicyclic) bond motifs is 8. The third-order valence-electron chi connectivity index (χ3n) is 14.9. The van der Waals surface area contributed by atoms with Gasteiger partial charge in [-0.25, -0.2) is 0 Å². The Morgan fingerprint density at radius 2 is 0.924 bits per heavy atom. The first-order valence-electron chi connectivity index (χ1n) is 24.0. The summed E-state index contributed by atoms with van der Waals surface area (Å²) in [6.45, 7) is 25.6. The molecule has 0 bridgehead atoms. The molecule has 0 saturated heterocycles. The Morgan fingerprint density at radius 1 is 0.379 bits per heavy atom. The van der Waals surface area contributed by atoms with E-state index in [2.05, 4.69) is 256 Å². The van der Waals surface area contributed by atoms with Crippen molar-refractivity contribution >= 4 is 46.2 Å². The molecule has 326 valence electrons. The van der Waals surface area contributed by atoms with Crippen molar-refractivity contribution in [3.05, 3.63) is 198 Å². The minimum atomic E-state index is -0.178. The smallest absolute Gasteiger partial charge is 0.333 e. The quantitative estimate of drug-likeness (QED) is 0.163. The van der Waals surface area contributed by atoms with Crippen LogP contribution in [0, 0.1) is 0 Å². The average molecular weight is 857 g/mol. The van der Waals surface area contributed by atoms with E-state index >= 15 is 0 Å². The first-order valence-corrected chi connectivity index (χ1v) is 24.0. The van der Waals surface area contributed by atoms with Crippen molar-refractivity contribution in [2.75, 3.05) is 9.71 Å². The molecule has 2 nitrogen and oxygen atoms in total. The van der Waals surface area contributed by atoms with E-state index in [9.17, 15) is 0 Å². The first-order chi connectivity index (χ1) is 31.4. The summed E-state index contributed by atoms with van der Waals surface area (Å²) >= 11 is 0. The average Bonchev–Trinajstić information content (AvgIpc) is 3.54. The Bertz CT molecular complexity index is 3210. The van der Waals surface area contributed by atoms with Crippen molar-refractivity contribution in [3.8, 4) is 44.5 Å². The van der Waals surface area contributed by atoms with E-state index in [1.165, 1.54) is 112 Å². The zero-order valence-corrected chi connectivity index (χ0v) is 40.6. The second-order valence-electron chi connectivity index (χ2n) is 22.6. The van der Waals surface area contributed by atoms with Gasteiger partial charge in [-0.05, 0) is 143 Å². The van der Waals surface area contributed by atoms with Crippen molar-refractivity contribution < 1.29 is 0 Å². The third kappa shape index (κ3) is 6.52. The van der Waals surface area contributed by atoms with Crippen LogP contribution in [0.15, 0.2) is 170 Å². The molecule has 0 atom stereocenters. The highest BCUT2D eigenvalue weighted by Gasteiger charge is 2.50. The highest BCUT2D eigenvalue weighted by Crippen LogP contribution is 2.55. The number of anilines is 5. The predicted molar refractivity (Wildman–Crippen MR) is 285 cm³/mol. The van der Waals surface area contributed by atoms with E-state index < -0.39 is 0 Å². The number of hydrogen-bond donors (Lipinski definition) is 0. The summed E-state index contributed by atoms with van der Waals surface area (Å²) in [6, 6.07) is 65.3. The minimum Gasteiger partial charge on any atom is -0.376 e. The van der Waals surface area contributed by atoms with Gasteiger partial charge in [0.05, 0.1) is 5.69 Å². The van der Waals surface area contributed by atoms with E-state index in [4.69, 9.17) is 0 Å². The van der Waals surface area contributed by atoms with Gasteiger partial charge in [-0.15, -0.1) is 0 Å².